The fraction of sp³-hybridized carbons (Fsp3) is 0.211. The number of nitrogens with zero attached hydrogens (tertiary/aromatic N) is 3. The van der Waals surface area contributed by atoms with Gasteiger partial charge in [0.1, 0.15) is 5.82 Å². The summed E-state index contributed by atoms with van der Waals surface area (Å²) in [5, 5.41) is 6.20. The number of pyridine rings is 1. The molecule has 0 saturated heterocycles. The number of halogens is 2. The van der Waals surface area contributed by atoms with E-state index in [4.69, 9.17) is 0 Å². The molecule has 26 heavy (non-hydrogen) atoms. The monoisotopic (exact) mass is 355 g/mol. The van der Waals surface area contributed by atoms with Crippen molar-refractivity contribution in [2.75, 3.05) is 10.6 Å². The number of hydrogen-bond donors (Lipinski definition) is 2. The molecule has 0 aliphatic heterocycles. The lowest BCUT2D eigenvalue weighted by atomic mass is 10.1. The average molecular weight is 355 g/mol. The maximum Gasteiger partial charge on any atom is 0.225 e. The summed E-state index contributed by atoms with van der Waals surface area (Å²) in [5.74, 6) is -0.978. The van der Waals surface area contributed by atoms with Crippen LogP contribution in [0.25, 0.3) is 11.4 Å². The number of nitrogens with one attached hydrogen (secondary N) is 2. The average Bonchev–Trinajstić information content (AvgIpc) is 2.57. The van der Waals surface area contributed by atoms with Gasteiger partial charge in [0.25, 0.3) is 0 Å². The lowest BCUT2D eigenvalue weighted by Gasteiger charge is -2.21. The Labute approximate surface area is 150 Å². The van der Waals surface area contributed by atoms with Crippen molar-refractivity contribution in [2.24, 2.45) is 0 Å². The summed E-state index contributed by atoms with van der Waals surface area (Å²) in [6.45, 7) is 5.98. The summed E-state index contributed by atoms with van der Waals surface area (Å²) in [5.41, 5.74) is 1.43. The predicted octanol–water partition coefficient (Wildman–Crippen LogP) is 4.77. The smallest absolute Gasteiger partial charge is 0.225 e. The highest BCUT2D eigenvalue weighted by Gasteiger charge is 2.14. The first-order valence-electron chi connectivity index (χ1n) is 8.11. The highest BCUT2D eigenvalue weighted by Crippen LogP contribution is 2.24. The van der Waals surface area contributed by atoms with Gasteiger partial charge in [-0.05, 0) is 45.0 Å². The standard InChI is InChI=1S/C19H19F2N5/c1-19(2,3)26-18-24-16(15-6-4-5-9-22-15)11-17(25-18)23-12-7-8-13(20)14(21)10-12/h4-11H,1-3H3,(H2,23,24,25,26). The van der Waals surface area contributed by atoms with E-state index in [0.29, 0.717) is 28.8 Å². The molecule has 1 aromatic carbocycles. The van der Waals surface area contributed by atoms with Crippen molar-refractivity contribution < 1.29 is 8.78 Å². The van der Waals surface area contributed by atoms with E-state index < -0.39 is 11.6 Å². The largest absolute Gasteiger partial charge is 0.350 e. The maximum atomic E-state index is 13.5. The molecular formula is C19H19F2N5. The topological polar surface area (TPSA) is 62.7 Å². The van der Waals surface area contributed by atoms with Gasteiger partial charge in [-0.15, -0.1) is 0 Å². The quantitative estimate of drug-likeness (QED) is 0.706. The molecule has 2 aromatic heterocycles. The maximum absolute atomic E-state index is 13.5. The first kappa shape index (κ1) is 17.7. The number of hydrogen-bond acceptors (Lipinski definition) is 5. The molecule has 0 aliphatic carbocycles. The summed E-state index contributed by atoms with van der Waals surface area (Å²) in [7, 11) is 0. The van der Waals surface area contributed by atoms with E-state index in [1.165, 1.54) is 6.07 Å². The van der Waals surface area contributed by atoms with E-state index in [1.807, 2.05) is 39.0 Å². The van der Waals surface area contributed by atoms with Crippen molar-refractivity contribution >= 4 is 17.5 Å². The van der Waals surface area contributed by atoms with Gasteiger partial charge < -0.3 is 10.6 Å². The van der Waals surface area contributed by atoms with Crippen molar-refractivity contribution in [3.63, 3.8) is 0 Å². The van der Waals surface area contributed by atoms with Gasteiger partial charge in [-0.25, -0.2) is 13.8 Å². The molecule has 0 amide bonds. The molecule has 0 fully saturated rings. The molecule has 0 aliphatic rings. The molecule has 2 heterocycles. The second-order valence-electron chi connectivity index (χ2n) is 6.81. The lowest BCUT2D eigenvalue weighted by molar-refractivity contribution is 0.509. The third-order valence-electron chi connectivity index (χ3n) is 3.33. The fourth-order valence-corrected chi connectivity index (χ4v) is 2.27. The molecule has 0 radical (unpaired) electrons. The second-order valence-corrected chi connectivity index (χ2v) is 6.81. The molecule has 3 rings (SSSR count). The Morgan fingerprint density at radius 3 is 2.35 bits per heavy atom. The second kappa shape index (κ2) is 7.03. The third kappa shape index (κ3) is 4.50. The van der Waals surface area contributed by atoms with Gasteiger partial charge in [0.05, 0.1) is 11.4 Å². The highest BCUT2D eigenvalue weighted by atomic mass is 19.2. The van der Waals surface area contributed by atoms with Crippen molar-refractivity contribution in [3.05, 3.63) is 60.3 Å². The molecule has 0 bridgehead atoms. The molecule has 2 N–H and O–H groups in total. The van der Waals surface area contributed by atoms with E-state index in [1.54, 1.807) is 12.3 Å². The normalized spacial score (nSPS) is 11.3. The minimum Gasteiger partial charge on any atom is -0.350 e. The van der Waals surface area contributed by atoms with Crippen LogP contribution in [0.5, 0.6) is 0 Å². The van der Waals surface area contributed by atoms with Crippen molar-refractivity contribution in [1.82, 2.24) is 15.0 Å². The number of aromatic nitrogens is 3. The summed E-state index contributed by atoms with van der Waals surface area (Å²) in [4.78, 5) is 13.2. The van der Waals surface area contributed by atoms with Gasteiger partial charge in [0.2, 0.25) is 5.95 Å². The molecule has 3 aromatic rings. The fourth-order valence-electron chi connectivity index (χ4n) is 2.27. The van der Waals surface area contributed by atoms with E-state index in [-0.39, 0.29) is 5.54 Å². The van der Waals surface area contributed by atoms with E-state index in [2.05, 4.69) is 25.6 Å². The Balaban J connectivity index is 2.00. The van der Waals surface area contributed by atoms with Gasteiger partial charge in [0, 0.05) is 29.6 Å². The van der Waals surface area contributed by atoms with Gasteiger partial charge in [0.15, 0.2) is 11.6 Å². The Bertz CT molecular complexity index is 908. The van der Waals surface area contributed by atoms with Crippen molar-refractivity contribution in [2.45, 2.75) is 26.3 Å². The minimum atomic E-state index is -0.929. The van der Waals surface area contributed by atoms with E-state index in [9.17, 15) is 8.78 Å². The molecular weight excluding hydrogens is 336 g/mol. The Kier molecular flexibility index (Phi) is 4.79. The summed E-state index contributed by atoms with van der Waals surface area (Å²) in [6.07, 6.45) is 1.68. The number of anilines is 3. The summed E-state index contributed by atoms with van der Waals surface area (Å²) >= 11 is 0. The van der Waals surface area contributed by atoms with Crippen LogP contribution in [0.4, 0.5) is 26.2 Å². The van der Waals surface area contributed by atoms with Crippen LogP contribution >= 0.6 is 0 Å². The van der Waals surface area contributed by atoms with Crippen LogP contribution in [0.15, 0.2) is 48.7 Å². The number of rotatable bonds is 4. The van der Waals surface area contributed by atoms with Gasteiger partial charge >= 0.3 is 0 Å². The third-order valence-corrected chi connectivity index (χ3v) is 3.33. The first-order chi connectivity index (χ1) is 12.3. The molecule has 0 atom stereocenters. The zero-order valence-corrected chi connectivity index (χ0v) is 14.7. The zero-order valence-electron chi connectivity index (χ0n) is 14.7. The Morgan fingerprint density at radius 2 is 1.69 bits per heavy atom. The predicted molar refractivity (Wildman–Crippen MR) is 98.3 cm³/mol. The van der Waals surface area contributed by atoms with Crippen LogP contribution in [0.3, 0.4) is 0 Å². The lowest BCUT2D eigenvalue weighted by Crippen LogP contribution is -2.27. The van der Waals surface area contributed by atoms with Crippen LogP contribution in [0.2, 0.25) is 0 Å². The SMILES string of the molecule is CC(C)(C)Nc1nc(Nc2ccc(F)c(F)c2)cc(-c2ccccn2)n1. The molecule has 5 nitrogen and oxygen atoms in total. The van der Waals surface area contributed by atoms with Gasteiger partial charge in [-0.3, -0.25) is 4.98 Å². The van der Waals surface area contributed by atoms with E-state index in [0.717, 1.165) is 12.1 Å². The van der Waals surface area contributed by atoms with Crippen LogP contribution in [0, 0.1) is 11.6 Å². The van der Waals surface area contributed by atoms with Crippen LogP contribution in [-0.4, -0.2) is 20.5 Å². The molecule has 0 saturated carbocycles. The Morgan fingerprint density at radius 1 is 0.885 bits per heavy atom. The zero-order chi connectivity index (χ0) is 18.7. The summed E-state index contributed by atoms with van der Waals surface area (Å²) < 4.78 is 26.6. The van der Waals surface area contributed by atoms with Crippen LogP contribution < -0.4 is 10.6 Å². The highest BCUT2D eigenvalue weighted by molar-refractivity contribution is 5.65. The molecule has 7 heteroatoms. The van der Waals surface area contributed by atoms with Gasteiger partial charge in [-0.2, -0.15) is 4.98 Å². The van der Waals surface area contributed by atoms with Crippen molar-refractivity contribution in [1.29, 1.82) is 0 Å². The summed E-state index contributed by atoms with van der Waals surface area (Å²) in [6, 6.07) is 10.8. The van der Waals surface area contributed by atoms with Crippen molar-refractivity contribution in [3.8, 4) is 11.4 Å². The first-order valence-corrected chi connectivity index (χ1v) is 8.11. The van der Waals surface area contributed by atoms with Crippen LogP contribution in [-0.2, 0) is 0 Å². The molecule has 0 spiro atoms. The van der Waals surface area contributed by atoms with Gasteiger partial charge in [-0.1, -0.05) is 6.07 Å². The minimum absolute atomic E-state index is 0.248. The molecule has 134 valence electrons. The Hall–Kier alpha value is -3.09. The van der Waals surface area contributed by atoms with Crippen LogP contribution in [0.1, 0.15) is 20.8 Å². The number of benzene rings is 1. The molecule has 0 unspecified atom stereocenters. The van der Waals surface area contributed by atoms with E-state index >= 15 is 0 Å².